The normalized spacial score (nSPS) is 11.7. The Bertz CT molecular complexity index is 379. The summed E-state index contributed by atoms with van der Waals surface area (Å²) in [5.41, 5.74) is 2.82. The van der Waals surface area contributed by atoms with Gasteiger partial charge in [-0.15, -0.1) is 0 Å². The summed E-state index contributed by atoms with van der Waals surface area (Å²) in [5, 5.41) is 3.03. The molecule has 102 valence electrons. The molecule has 1 aromatic rings. The zero-order valence-corrected chi connectivity index (χ0v) is 10.8. The molecule has 0 spiro atoms. The molecule has 1 aromatic carbocycles. The molecular formula is C13H18F3NO. The molecular weight excluding hydrogens is 243 g/mol. The maximum Gasteiger partial charge on any atom is 0.392 e. The minimum absolute atomic E-state index is 0.337. The third kappa shape index (κ3) is 4.56. The smallest absolute Gasteiger partial charge is 0.392 e. The van der Waals surface area contributed by atoms with Crippen molar-refractivity contribution in [1.82, 2.24) is 5.32 Å². The summed E-state index contributed by atoms with van der Waals surface area (Å²) in [6.07, 6.45) is -5.10. The fourth-order valence-electron chi connectivity index (χ4n) is 1.84. The number of hydrogen-bond donors (Lipinski definition) is 1. The Morgan fingerprint density at radius 2 is 1.72 bits per heavy atom. The molecule has 0 aliphatic rings. The first-order valence-corrected chi connectivity index (χ1v) is 5.78. The average molecular weight is 261 g/mol. The number of benzene rings is 1. The predicted molar refractivity (Wildman–Crippen MR) is 64.8 cm³/mol. The van der Waals surface area contributed by atoms with Gasteiger partial charge in [0.25, 0.3) is 0 Å². The van der Waals surface area contributed by atoms with E-state index in [1.807, 2.05) is 33.0 Å². The second-order valence-electron chi connectivity index (χ2n) is 4.30. The highest BCUT2D eigenvalue weighted by Gasteiger charge is 2.27. The summed E-state index contributed by atoms with van der Waals surface area (Å²) in [6, 6.07) is 3.85. The molecule has 0 radical (unpaired) electrons. The highest BCUT2D eigenvalue weighted by molar-refractivity contribution is 5.43. The fourth-order valence-corrected chi connectivity index (χ4v) is 1.84. The van der Waals surface area contributed by atoms with Gasteiger partial charge < -0.3 is 10.1 Å². The molecule has 0 bridgehead atoms. The summed E-state index contributed by atoms with van der Waals surface area (Å²) in [4.78, 5) is 0. The van der Waals surface area contributed by atoms with Gasteiger partial charge in [-0.25, -0.2) is 0 Å². The molecule has 0 saturated carbocycles. The molecule has 0 saturated heterocycles. The Labute approximate surface area is 105 Å². The van der Waals surface area contributed by atoms with E-state index in [0.29, 0.717) is 5.75 Å². The lowest BCUT2D eigenvalue weighted by molar-refractivity contribution is -0.139. The Kier molecular flexibility index (Phi) is 5.02. The SMILES string of the molecule is CNCc1cc(C)c(OCCC(F)(F)F)c(C)c1. The van der Waals surface area contributed by atoms with E-state index in [0.717, 1.165) is 23.2 Å². The predicted octanol–water partition coefficient (Wildman–Crippen LogP) is 3.35. The maximum atomic E-state index is 12.0. The van der Waals surface area contributed by atoms with Crippen molar-refractivity contribution < 1.29 is 17.9 Å². The van der Waals surface area contributed by atoms with Gasteiger partial charge >= 0.3 is 6.18 Å². The molecule has 1 N–H and O–H groups in total. The first-order chi connectivity index (χ1) is 8.33. The number of nitrogens with one attached hydrogen (secondary N) is 1. The van der Waals surface area contributed by atoms with Gasteiger partial charge in [0, 0.05) is 6.54 Å². The van der Waals surface area contributed by atoms with Gasteiger partial charge in [0.1, 0.15) is 5.75 Å². The van der Waals surface area contributed by atoms with Crippen molar-refractivity contribution in [2.45, 2.75) is 33.0 Å². The van der Waals surface area contributed by atoms with Crippen molar-refractivity contribution in [2.75, 3.05) is 13.7 Å². The van der Waals surface area contributed by atoms with Crippen LogP contribution in [0.5, 0.6) is 5.75 Å². The van der Waals surface area contributed by atoms with Gasteiger partial charge in [0.2, 0.25) is 0 Å². The van der Waals surface area contributed by atoms with Crippen molar-refractivity contribution in [2.24, 2.45) is 0 Å². The quantitative estimate of drug-likeness (QED) is 0.877. The van der Waals surface area contributed by atoms with E-state index in [-0.39, 0.29) is 6.61 Å². The van der Waals surface area contributed by atoms with Gasteiger partial charge in [-0.3, -0.25) is 0 Å². The van der Waals surface area contributed by atoms with E-state index >= 15 is 0 Å². The van der Waals surface area contributed by atoms with Crippen LogP contribution in [0.4, 0.5) is 13.2 Å². The maximum absolute atomic E-state index is 12.0. The first-order valence-electron chi connectivity index (χ1n) is 5.78. The second kappa shape index (κ2) is 6.09. The van der Waals surface area contributed by atoms with Crippen LogP contribution < -0.4 is 10.1 Å². The van der Waals surface area contributed by atoms with Gasteiger partial charge in [-0.1, -0.05) is 12.1 Å². The topological polar surface area (TPSA) is 21.3 Å². The van der Waals surface area contributed by atoms with Gasteiger partial charge in [0.05, 0.1) is 13.0 Å². The van der Waals surface area contributed by atoms with Crippen molar-refractivity contribution >= 4 is 0 Å². The third-order valence-corrected chi connectivity index (χ3v) is 2.53. The van der Waals surface area contributed by atoms with Crippen LogP contribution in [0.2, 0.25) is 0 Å². The summed E-state index contributed by atoms with van der Waals surface area (Å²) in [6.45, 7) is 4.07. The summed E-state index contributed by atoms with van der Waals surface area (Å²) < 4.78 is 41.3. The lowest BCUT2D eigenvalue weighted by Gasteiger charge is -2.15. The largest absolute Gasteiger partial charge is 0.493 e. The fraction of sp³-hybridized carbons (Fsp3) is 0.538. The number of rotatable bonds is 5. The zero-order chi connectivity index (χ0) is 13.8. The lowest BCUT2D eigenvalue weighted by atomic mass is 10.1. The molecule has 2 nitrogen and oxygen atoms in total. The van der Waals surface area contributed by atoms with Crippen molar-refractivity contribution in [3.63, 3.8) is 0 Å². The van der Waals surface area contributed by atoms with E-state index in [9.17, 15) is 13.2 Å². The van der Waals surface area contributed by atoms with Crippen LogP contribution in [-0.4, -0.2) is 19.8 Å². The standard InChI is InChI=1S/C13H18F3NO/c1-9-6-11(8-17-3)7-10(2)12(9)18-5-4-13(14,15)16/h6-7,17H,4-5,8H2,1-3H3. The Hall–Kier alpha value is -1.23. The highest BCUT2D eigenvalue weighted by atomic mass is 19.4. The highest BCUT2D eigenvalue weighted by Crippen LogP contribution is 2.26. The summed E-state index contributed by atoms with van der Waals surface area (Å²) in [5.74, 6) is 0.555. The average Bonchev–Trinajstić information content (AvgIpc) is 2.21. The van der Waals surface area contributed by atoms with Crippen LogP contribution in [0.3, 0.4) is 0 Å². The second-order valence-corrected chi connectivity index (χ2v) is 4.30. The van der Waals surface area contributed by atoms with Crippen LogP contribution in [0.25, 0.3) is 0 Å². The van der Waals surface area contributed by atoms with Gasteiger partial charge in [-0.2, -0.15) is 13.2 Å². The molecule has 5 heteroatoms. The van der Waals surface area contributed by atoms with Crippen LogP contribution in [0.1, 0.15) is 23.1 Å². The minimum Gasteiger partial charge on any atom is -0.493 e. The number of aryl methyl sites for hydroxylation is 2. The van der Waals surface area contributed by atoms with E-state index in [1.165, 1.54) is 0 Å². The van der Waals surface area contributed by atoms with Crippen molar-refractivity contribution in [1.29, 1.82) is 0 Å². The summed E-state index contributed by atoms with van der Waals surface area (Å²) >= 11 is 0. The summed E-state index contributed by atoms with van der Waals surface area (Å²) in [7, 11) is 1.85. The Morgan fingerprint density at radius 1 is 1.17 bits per heavy atom. The molecule has 0 heterocycles. The van der Waals surface area contributed by atoms with Crippen molar-refractivity contribution in [3.05, 3.63) is 28.8 Å². The van der Waals surface area contributed by atoms with Crippen LogP contribution >= 0.6 is 0 Å². The van der Waals surface area contributed by atoms with E-state index < -0.39 is 12.6 Å². The van der Waals surface area contributed by atoms with Crippen LogP contribution in [0.15, 0.2) is 12.1 Å². The van der Waals surface area contributed by atoms with Crippen molar-refractivity contribution in [3.8, 4) is 5.75 Å². The number of halogens is 3. The molecule has 0 atom stereocenters. The van der Waals surface area contributed by atoms with Crippen LogP contribution in [-0.2, 0) is 6.54 Å². The number of alkyl halides is 3. The molecule has 0 aromatic heterocycles. The van der Waals surface area contributed by atoms with E-state index in [1.54, 1.807) is 0 Å². The molecule has 1 rings (SSSR count). The Balaban J connectivity index is 2.71. The zero-order valence-electron chi connectivity index (χ0n) is 10.8. The molecule has 0 aliphatic heterocycles. The lowest BCUT2D eigenvalue weighted by Crippen LogP contribution is -2.14. The van der Waals surface area contributed by atoms with Gasteiger partial charge in [0.15, 0.2) is 0 Å². The number of hydrogen-bond acceptors (Lipinski definition) is 2. The molecule has 0 unspecified atom stereocenters. The molecule has 0 amide bonds. The number of ether oxygens (including phenoxy) is 1. The van der Waals surface area contributed by atoms with E-state index in [4.69, 9.17) is 4.74 Å². The molecule has 18 heavy (non-hydrogen) atoms. The van der Waals surface area contributed by atoms with E-state index in [2.05, 4.69) is 5.32 Å². The third-order valence-electron chi connectivity index (χ3n) is 2.53. The first kappa shape index (κ1) is 14.8. The van der Waals surface area contributed by atoms with Crippen LogP contribution in [0, 0.1) is 13.8 Å². The monoisotopic (exact) mass is 261 g/mol. The minimum atomic E-state index is -4.17. The molecule has 0 aliphatic carbocycles. The van der Waals surface area contributed by atoms with Gasteiger partial charge in [-0.05, 0) is 37.6 Å². The Morgan fingerprint density at radius 3 is 2.17 bits per heavy atom. The molecule has 0 fully saturated rings.